The molecule has 3 fully saturated rings. The van der Waals surface area contributed by atoms with E-state index in [1.54, 1.807) is 0 Å². The first kappa shape index (κ1) is 11.4. The lowest BCUT2D eigenvalue weighted by Gasteiger charge is -2.46. The van der Waals surface area contributed by atoms with Crippen LogP contribution in [0.15, 0.2) is 0 Å². The minimum Gasteiger partial charge on any atom is -0.299 e. The van der Waals surface area contributed by atoms with Crippen LogP contribution >= 0.6 is 0 Å². The Kier molecular flexibility index (Phi) is 2.03. The van der Waals surface area contributed by atoms with Crippen LogP contribution < -0.4 is 0 Å². The number of rotatable bonds is 0. The number of carbonyl (C=O) groups is 2. The molecular formula is C15H22O2. The van der Waals surface area contributed by atoms with Crippen molar-refractivity contribution in [3.8, 4) is 0 Å². The first-order valence-corrected chi connectivity index (χ1v) is 6.86. The average molecular weight is 234 g/mol. The zero-order valence-corrected chi connectivity index (χ0v) is 11.2. The maximum Gasteiger partial charge on any atom is 0.139 e. The molecule has 3 aliphatic rings. The highest BCUT2D eigenvalue weighted by Gasteiger charge is 2.72. The van der Waals surface area contributed by atoms with E-state index in [1.807, 2.05) is 0 Å². The maximum atomic E-state index is 12.3. The molecule has 0 aliphatic heterocycles. The maximum absolute atomic E-state index is 12.3. The van der Waals surface area contributed by atoms with Gasteiger partial charge >= 0.3 is 0 Å². The van der Waals surface area contributed by atoms with Crippen LogP contribution in [0.3, 0.4) is 0 Å². The second kappa shape index (κ2) is 3.02. The molecule has 0 aromatic carbocycles. The summed E-state index contributed by atoms with van der Waals surface area (Å²) in [6.45, 7) is 8.74. The number of carbonyl (C=O) groups excluding carboxylic acids is 2. The van der Waals surface area contributed by atoms with Gasteiger partial charge in [-0.1, -0.05) is 27.7 Å². The van der Waals surface area contributed by atoms with Gasteiger partial charge in [0.05, 0.1) is 0 Å². The lowest BCUT2D eigenvalue weighted by Crippen LogP contribution is -2.49. The smallest absolute Gasteiger partial charge is 0.139 e. The normalized spacial score (nSPS) is 51.8. The molecule has 0 aromatic heterocycles. The Morgan fingerprint density at radius 3 is 2.41 bits per heavy atom. The molecule has 17 heavy (non-hydrogen) atoms. The van der Waals surface area contributed by atoms with Gasteiger partial charge in [0.25, 0.3) is 0 Å². The summed E-state index contributed by atoms with van der Waals surface area (Å²) in [5.41, 5.74) is -0.199. The van der Waals surface area contributed by atoms with Gasteiger partial charge < -0.3 is 0 Å². The molecule has 0 spiro atoms. The Bertz CT molecular complexity index is 409. The topological polar surface area (TPSA) is 34.1 Å². The van der Waals surface area contributed by atoms with Gasteiger partial charge in [-0.05, 0) is 29.6 Å². The zero-order chi connectivity index (χ0) is 12.6. The summed E-state index contributed by atoms with van der Waals surface area (Å²) in [4.78, 5) is 24.5. The molecule has 2 nitrogen and oxygen atoms in total. The van der Waals surface area contributed by atoms with Gasteiger partial charge in [-0.25, -0.2) is 0 Å². The van der Waals surface area contributed by atoms with E-state index in [1.165, 1.54) is 0 Å². The third-order valence-corrected chi connectivity index (χ3v) is 6.00. The van der Waals surface area contributed by atoms with E-state index in [2.05, 4.69) is 27.7 Å². The predicted molar refractivity (Wildman–Crippen MR) is 65.4 cm³/mol. The SMILES string of the molecule is C[C@@H]1CCC(=O)[C@]2(C)CC(=O)[C@@H]3[C@H]([C@H]12)C3(C)C. The summed E-state index contributed by atoms with van der Waals surface area (Å²) < 4.78 is 0. The van der Waals surface area contributed by atoms with Crippen molar-refractivity contribution in [2.24, 2.45) is 34.5 Å². The Morgan fingerprint density at radius 1 is 1.12 bits per heavy atom. The Morgan fingerprint density at radius 2 is 1.76 bits per heavy atom. The highest BCUT2D eigenvalue weighted by Crippen LogP contribution is 2.71. The monoisotopic (exact) mass is 234 g/mol. The molecule has 3 aliphatic carbocycles. The number of hydrogen-bond acceptors (Lipinski definition) is 2. The molecule has 0 radical (unpaired) electrons. The fraction of sp³-hybridized carbons (Fsp3) is 0.867. The number of hydrogen-bond donors (Lipinski definition) is 0. The standard InChI is InChI=1S/C15H22O2/c1-8-5-6-10(17)15(4)7-9(16)12-13(11(8)15)14(12,2)3/h8,11-13H,5-7H2,1-4H3/t8-,11+,12-,13+,15+/m1/s1. The second-order valence-corrected chi connectivity index (χ2v) is 7.35. The molecule has 3 saturated carbocycles. The quantitative estimate of drug-likeness (QED) is 0.646. The van der Waals surface area contributed by atoms with E-state index >= 15 is 0 Å². The van der Waals surface area contributed by atoms with Crippen molar-refractivity contribution in [3.63, 3.8) is 0 Å². The highest BCUT2D eigenvalue weighted by atomic mass is 16.1. The Hall–Kier alpha value is -0.660. The van der Waals surface area contributed by atoms with Gasteiger partial charge in [0.2, 0.25) is 0 Å². The molecule has 0 amide bonds. The number of ketones is 2. The van der Waals surface area contributed by atoms with Crippen LogP contribution in [0.1, 0.15) is 47.0 Å². The first-order valence-electron chi connectivity index (χ1n) is 6.86. The van der Waals surface area contributed by atoms with Crippen molar-refractivity contribution < 1.29 is 9.59 Å². The zero-order valence-electron chi connectivity index (χ0n) is 11.2. The summed E-state index contributed by atoms with van der Waals surface area (Å²) >= 11 is 0. The van der Waals surface area contributed by atoms with Crippen molar-refractivity contribution in [2.45, 2.75) is 47.0 Å². The van der Waals surface area contributed by atoms with Crippen molar-refractivity contribution >= 4 is 11.6 Å². The third-order valence-electron chi connectivity index (χ3n) is 6.00. The third kappa shape index (κ3) is 1.22. The highest BCUT2D eigenvalue weighted by molar-refractivity contribution is 5.96. The second-order valence-electron chi connectivity index (χ2n) is 7.35. The molecular weight excluding hydrogens is 212 g/mol. The van der Waals surface area contributed by atoms with E-state index < -0.39 is 0 Å². The van der Waals surface area contributed by atoms with E-state index in [9.17, 15) is 9.59 Å². The minimum absolute atomic E-state index is 0.144. The molecule has 0 saturated heterocycles. The molecule has 0 heterocycles. The summed E-state index contributed by atoms with van der Waals surface area (Å²) in [7, 11) is 0. The largest absolute Gasteiger partial charge is 0.299 e. The van der Waals surface area contributed by atoms with Crippen LogP contribution in [0.5, 0.6) is 0 Å². The Balaban J connectivity index is 2.04. The van der Waals surface area contributed by atoms with Crippen molar-refractivity contribution in [2.75, 3.05) is 0 Å². The average Bonchev–Trinajstić information content (AvgIpc) is 2.77. The summed E-state index contributed by atoms with van der Waals surface area (Å²) in [5.74, 6) is 2.44. The molecule has 3 rings (SSSR count). The lowest BCUT2D eigenvalue weighted by atomic mass is 9.56. The van der Waals surface area contributed by atoms with E-state index in [4.69, 9.17) is 0 Å². The molecule has 2 heteroatoms. The van der Waals surface area contributed by atoms with Crippen molar-refractivity contribution in [1.82, 2.24) is 0 Å². The molecule has 0 aromatic rings. The van der Waals surface area contributed by atoms with Gasteiger partial charge in [0.15, 0.2) is 0 Å². The van der Waals surface area contributed by atoms with Crippen LogP contribution in [-0.2, 0) is 9.59 Å². The van der Waals surface area contributed by atoms with E-state index in [-0.39, 0.29) is 16.7 Å². The van der Waals surface area contributed by atoms with Gasteiger partial charge in [-0.3, -0.25) is 9.59 Å². The van der Waals surface area contributed by atoms with Crippen molar-refractivity contribution in [3.05, 3.63) is 0 Å². The van der Waals surface area contributed by atoms with Gasteiger partial charge in [0, 0.05) is 24.2 Å². The lowest BCUT2D eigenvalue weighted by molar-refractivity contribution is -0.146. The van der Waals surface area contributed by atoms with Gasteiger partial charge in [-0.2, -0.15) is 0 Å². The van der Waals surface area contributed by atoms with Crippen LogP contribution in [0.2, 0.25) is 0 Å². The Labute approximate surface area is 103 Å². The minimum atomic E-state index is -0.344. The van der Waals surface area contributed by atoms with Crippen LogP contribution in [0.4, 0.5) is 0 Å². The van der Waals surface area contributed by atoms with Gasteiger partial charge in [-0.15, -0.1) is 0 Å². The first-order chi connectivity index (χ1) is 7.80. The van der Waals surface area contributed by atoms with E-state index in [0.29, 0.717) is 42.2 Å². The predicted octanol–water partition coefficient (Wildman–Crippen LogP) is 2.85. The molecule has 0 N–H and O–H groups in total. The number of Topliss-reactive ketones (excluding diaryl/α,β-unsaturated/α-hetero) is 2. The van der Waals surface area contributed by atoms with Crippen LogP contribution in [0, 0.1) is 34.5 Å². The summed E-state index contributed by atoms with van der Waals surface area (Å²) in [5, 5.41) is 0. The van der Waals surface area contributed by atoms with Crippen LogP contribution in [-0.4, -0.2) is 11.6 Å². The van der Waals surface area contributed by atoms with Gasteiger partial charge in [0.1, 0.15) is 11.6 Å². The van der Waals surface area contributed by atoms with E-state index in [0.717, 1.165) is 6.42 Å². The molecule has 5 atom stereocenters. The fourth-order valence-corrected chi connectivity index (χ4v) is 5.04. The fourth-order valence-electron chi connectivity index (χ4n) is 5.04. The molecule has 94 valence electrons. The van der Waals surface area contributed by atoms with Crippen LogP contribution in [0.25, 0.3) is 0 Å². The molecule has 0 bridgehead atoms. The molecule has 0 unspecified atom stereocenters. The summed E-state index contributed by atoms with van der Waals surface area (Å²) in [6, 6.07) is 0. The number of fused-ring (bicyclic) bond motifs is 3. The summed E-state index contributed by atoms with van der Waals surface area (Å²) in [6.07, 6.45) is 2.21. The van der Waals surface area contributed by atoms with Crippen molar-refractivity contribution in [1.29, 1.82) is 0 Å².